The van der Waals surface area contributed by atoms with Crippen LogP contribution in [0.15, 0.2) is 59.8 Å². The Morgan fingerprint density at radius 1 is 1.15 bits per heavy atom. The van der Waals surface area contributed by atoms with Crippen molar-refractivity contribution in [2.45, 2.75) is 23.8 Å². The van der Waals surface area contributed by atoms with E-state index in [2.05, 4.69) is 27.6 Å². The van der Waals surface area contributed by atoms with Crippen LogP contribution in [-0.2, 0) is 18.3 Å². The number of rotatable bonds is 7. The summed E-state index contributed by atoms with van der Waals surface area (Å²) in [6.07, 6.45) is 0.701. The zero-order chi connectivity index (χ0) is 19.2. The van der Waals surface area contributed by atoms with Gasteiger partial charge < -0.3 is 14.6 Å². The molecule has 2 aromatic carbocycles. The Bertz CT molecular complexity index is 911. The number of hydrogen-bond donors (Lipinski definition) is 1. The number of amides is 1. The summed E-state index contributed by atoms with van der Waals surface area (Å²) < 4.78 is 7.21. The third-order valence-corrected chi connectivity index (χ3v) is 5.28. The summed E-state index contributed by atoms with van der Waals surface area (Å²) in [7, 11) is 3.50. The van der Waals surface area contributed by atoms with E-state index in [9.17, 15) is 4.79 Å². The number of methoxy groups -OCH3 is 1. The van der Waals surface area contributed by atoms with Gasteiger partial charge in [-0.3, -0.25) is 4.79 Å². The van der Waals surface area contributed by atoms with Gasteiger partial charge in [0, 0.05) is 13.5 Å². The Morgan fingerprint density at radius 3 is 2.59 bits per heavy atom. The number of anilines is 1. The smallest absolute Gasteiger partial charge is 0.237 e. The topological polar surface area (TPSA) is 69.0 Å². The Hall–Kier alpha value is -2.80. The van der Waals surface area contributed by atoms with Crippen molar-refractivity contribution in [2.75, 3.05) is 12.4 Å². The fourth-order valence-electron chi connectivity index (χ4n) is 2.57. The molecule has 0 saturated heterocycles. The first kappa shape index (κ1) is 19.0. The van der Waals surface area contributed by atoms with Gasteiger partial charge in [-0.05, 0) is 24.6 Å². The maximum atomic E-state index is 12.5. The van der Waals surface area contributed by atoms with Gasteiger partial charge in [-0.15, -0.1) is 10.2 Å². The first-order chi connectivity index (χ1) is 13.1. The lowest BCUT2D eigenvalue weighted by molar-refractivity contribution is -0.115. The predicted molar refractivity (Wildman–Crippen MR) is 107 cm³/mol. The van der Waals surface area contributed by atoms with E-state index in [-0.39, 0.29) is 11.2 Å². The standard InChI is InChI=1S/C20H22N4O2S/c1-14(19(25)21-16-11-7-8-12-17(16)26-3)27-20-23-22-18(24(20)2)13-15-9-5-4-6-10-15/h4-12,14H,13H2,1-3H3,(H,21,25)/t14-/m0/s1. The number of aromatic nitrogens is 3. The van der Waals surface area contributed by atoms with Gasteiger partial charge in [-0.1, -0.05) is 54.2 Å². The molecule has 27 heavy (non-hydrogen) atoms. The lowest BCUT2D eigenvalue weighted by atomic mass is 10.1. The average Bonchev–Trinajstić information content (AvgIpc) is 3.02. The second kappa shape index (κ2) is 8.73. The number of hydrogen-bond acceptors (Lipinski definition) is 5. The molecule has 0 unspecified atom stereocenters. The average molecular weight is 382 g/mol. The number of benzene rings is 2. The van der Waals surface area contributed by atoms with Crippen LogP contribution in [0.2, 0.25) is 0 Å². The van der Waals surface area contributed by atoms with Gasteiger partial charge in [-0.25, -0.2) is 0 Å². The molecule has 1 heterocycles. The summed E-state index contributed by atoms with van der Waals surface area (Å²) in [4.78, 5) is 12.5. The minimum Gasteiger partial charge on any atom is -0.495 e. The van der Waals surface area contributed by atoms with Crippen molar-refractivity contribution < 1.29 is 9.53 Å². The summed E-state index contributed by atoms with van der Waals surface area (Å²) in [5.74, 6) is 1.38. The molecule has 1 aromatic heterocycles. The molecule has 3 aromatic rings. The molecule has 0 spiro atoms. The lowest BCUT2D eigenvalue weighted by Crippen LogP contribution is -2.23. The fraction of sp³-hybridized carbons (Fsp3) is 0.250. The molecule has 0 aliphatic heterocycles. The first-order valence-electron chi connectivity index (χ1n) is 8.61. The molecule has 0 fully saturated rings. The number of thioether (sulfide) groups is 1. The van der Waals surface area contributed by atoms with Gasteiger partial charge in [0.05, 0.1) is 18.0 Å². The van der Waals surface area contributed by atoms with Gasteiger partial charge in [0.1, 0.15) is 11.6 Å². The number of para-hydroxylation sites is 2. The van der Waals surface area contributed by atoms with Gasteiger partial charge >= 0.3 is 0 Å². The Morgan fingerprint density at radius 2 is 1.85 bits per heavy atom. The highest BCUT2D eigenvalue weighted by Crippen LogP contribution is 2.26. The van der Waals surface area contributed by atoms with Gasteiger partial charge in [-0.2, -0.15) is 0 Å². The Balaban J connectivity index is 1.65. The molecule has 3 rings (SSSR count). The zero-order valence-corrected chi connectivity index (χ0v) is 16.4. The monoisotopic (exact) mass is 382 g/mol. The summed E-state index contributed by atoms with van der Waals surface area (Å²) >= 11 is 1.38. The highest BCUT2D eigenvalue weighted by Gasteiger charge is 2.20. The van der Waals surface area contributed by atoms with E-state index in [1.54, 1.807) is 7.11 Å². The van der Waals surface area contributed by atoms with Crippen molar-refractivity contribution >= 4 is 23.4 Å². The van der Waals surface area contributed by atoms with Crippen LogP contribution in [0.1, 0.15) is 18.3 Å². The summed E-state index contributed by atoms with van der Waals surface area (Å²) in [6.45, 7) is 1.85. The van der Waals surface area contributed by atoms with Crippen molar-refractivity contribution in [3.8, 4) is 5.75 Å². The number of carbonyl (C=O) groups is 1. The lowest BCUT2D eigenvalue weighted by Gasteiger charge is -2.13. The minimum atomic E-state index is -0.331. The molecule has 0 saturated carbocycles. The van der Waals surface area contributed by atoms with Crippen molar-refractivity contribution in [1.82, 2.24) is 14.8 Å². The van der Waals surface area contributed by atoms with Gasteiger partial charge in [0.25, 0.3) is 0 Å². The SMILES string of the molecule is COc1ccccc1NC(=O)[C@H](C)Sc1nnc(Cc2ccccc2)n1C. The molecule has 1 amide bonds. The van der Waals surface area contributed by atoms with Crippen LogP contribution in [0.3, 0.4) is 0 Å². The van der Waals surface area contributed by atoms with Crippen LogP contribution < -0.4 is 10.1 Å². The van der Waals surface area contributed by atoms with Crippen LogP contribution in [0, 0.1) is 0 Å². The van der Waals surface area contributed by atoms with Crippen LogP contribution in [-0.4, -0.2) is 33.0 Å². The van der Waals surface area contributed by atoms with E-state index in [1.165, 1.54) is 17.3 Å². The summed E-state index contributed by atoms with van der Waals surface area (Å²) in [6, 6.07) is 17.5. The maximum Gasteiger partial charge on any atom is 0.237 e. The molecule has 0 radical (unpaired) electrons. The van der Waals surface area contributed by atoms with Gasteiger partial charge in [0.2, 0.25) is 5.91 Å². The number of carbonyl (C=O) groups excluding carboxylic acids is 1. The maximum absolute atomic E-state index is 12.5. The molecule has 140 valence electrons. The van der Waals surface area contributed by atoms with Crippen molar-refractivity contribution in [2.24, 2.45) is 7.05 Å². The normalized spacial score (nSPS) is 11.8. The zero-order valence-electron chi connectivity index (χ0n) is 15.5. The largest absolute Gasteiger partial charge is 0.495 e. The predicted octanol–water partition coefficient (Wildman–Crippen LogP) is 3.53. The molecule has 1 atom stereocenters. The van der Waals surface area contributed by atoms with E-state index < -0.39 is 0 Å². The summed E-state index contributed by atoms with van der Waals surface area (Å²) in [5.41, 5.74) is 1.83. The third kappa shape index (κ3) is 4.68. The van der Waals surface area contributed by atoms with Crippen molar-refractivity contribution in [3.05, 3.63) is 66.0 Å². The second-order valence-electron chi connectivity index (χ2n) is 6.07. The molecular formula is C20H22N4O2S. The van der Waals surface area contributed by atoms with Crippen molar-refractivity contribution in [1.29, 1.82) is 0 Å². The quantitative estimate of drug-likeness (QED) is 0.633. The highest BCUT2D eigenvalue weighted by molar-refractivity contribution is 8.00. The highest BCUT2D eigenvalue weighted by atomic mass is 32.2. The van der Waals surface area contributed by atoms with E-state index in [0.29, 0.717) is 23.0 Å². The van der Waals surface area contributed by atoms with Crippen molar-refractivity contribution in [3.63, 3.8) is 0 Å². The molecule has 0 aliphatic carbocycles. The van der Waals surface area contributed by atoms with Crippen LogP contribution in [0.4, 0.5) is 5.69 Å². The molecule has 6 nitrogen and oxygen atoms in total. The fourth-order valence-corrected chi connectivity index (χ4v) is 3.41. The molecule has 0 aliphatic rings. The summed E-state index contributed by atoms with van der Waals surface area (Å²) in [5, 5.41) is 11.8. The Kier molecular flexibility index (Phi) is 6.13. The van der Waals surface area contributed by atoms with Crippen LogP contribution >= 0.6 is 11.8 Å². The van der Waals surface area contributed by atoms with Gasteiger partial charge in [0.15, 0.2) is 5.16 Å². The first-order valence-corrected chi connectivity index (χ1v) is 9.49. The van der Waals surface area contributed by atoms with Crippen LogP contribution in [0.5, 0.6) is 5.75 Å². The molecule has 1 N–H and O–H groups in total. The third-order valence-electron chi connectivity index (χ3n) is 4.15. The Labute approximate surface area is 163 Å². The molecule has 0 bridgehead atoms. The number of nitrogens with one attached hydrogen (secondary N) is 1. The van der Waals surface area contributed by atoms with Crippen LogP contribution in [0.25, 0.3) is 0 Å². The van der Waals surface area contributed by atoms with E-state index >= 15 is 0 Å². The van der Waals surface area contributed by atoms with E-state index in [0.717, 1.165) is 5.82 Å². The molecular weight excluding hydrogens is 360 g/mol. The minimum absolute atomic E-state index is 0.114. The number of ether oxygens (including phenoxy) is 1. The van der Waals surface area contributed by atoms with E-state index in [1.807, 2.05) is 61.0 Å². The van der Waals surface area contributed by atoms with E-state index in [4.69, 9.17) is 4.74 Å². The number of nitrogens with zero attached hydrogens (tertiary/aromatic N) is 3. The molecule has 7 heteroatoms. The second-order valence-corrected chi connectivity index (χ2v) is 7.38.